The molecule has 0 atom stereocenters. The van der Waals surface area contributed by atoms with E-state index in [0.717, 1.165) is 31.7 Å². The fraction of sp³-hybridized carbons (Fsp3) is 0.429. The number of benzene rings is 1. The number of nitrogens with one attached hydrogen (secondary N) is 2. The van der Waals surface area contributed by atoms with E-state index in [-0.39, 0.29) is 0 Å². The Labute approximate surface area is 131 Å². The van der Waals surface area contributed by atoms with E-state index in [1.165, 1.54) is 0 Å². The van der Waals surface area contributed by atoms with Crippen LogP contribution in [0.3, 0.4) is 0 Å². The van der Waals surface area contributed by atoms with Crippen LogP contribution in [0.2, 0.25) is 0 Å². The van der Waals surface area contributed by atoms with Crippen molar-refractivity contribution in [3.8, 4) is 0 Å². The summed E-state index contributed by atoms with van der Waals surface area (Å²) in [5.41, 5.74) is 1.01. The van der Waals surface area contributed by atoms with Crippen LogP contribution >= 0.6 is 0 Å². The smallest absolute Gasteiger partial charge is 0.475 e. The fourth-order valence-electron chi connectivity index (χ4n) is 1.31. The molecule has 0 bridgehead atoms. The number of carbonyl (C=O) groups is 2. The van der Waals surface area contributed by atoms with Gasteiger partial charge in [0.1, 0.15) is 6.61 Å². The second-order valence-electron chi connectivity index (χ2n) is 4.20. The number of aliphatic carboxylic acids is 1. The van der Waals surface area contributed by atoms with Gasteiger partial charge in [0, 0.05) is 26.2 Å². The van der Waals surface area contributed by atoms with Crippen LogP contribution in [0.1, 0.15) is 5.56 Å². The Balaban J connectivity index is 0.000000329. The van der Waals surface area contributed by atoms with Crippen LogP contribution in [0.4, 0.5) is 13.2 Å². The van der Waals surface area contributed by atoms with Gasteiger partial charge in [-0.1, -0.05) is 30.3 Å². The maximum atomic E-state index is 10.6. The molecule has 1 aromatic carbocycles. The summed E-state index contributed by atoms with van der Waals surface area (Å²) in [6.45, 7) is 5.37. The highest BCUT2D eigenvalue weighted by Gasteiger charge is 2.38. The summed E-state index contributed by atoms with van der Waals surface area (Å²) < 4.78 is 36.3. The molecule has 6 nitrogen and oxygen atoms in total. The van der Waals surface area contributed by atoms with Crippen molar-refractivity contribution in [1.82, 2.24) is 10.6 Å². The molecular weight excluding hydrogens is 317 g/mol. The zero-order valence-electron chi connectivity index (χ0n) is 12.3. The monoisotopic (exact) mass is 336 g/mol. The SMILES string of the molecule is C1CNCCN1.O=C(O)C(F)(F)F.O=COCc1ccccc1. The van der Waals surface area contributed by atoms with Crippen LogP contribution < -0.4 is 10.6 Å². The van der Waals surface area contributed by atoms with Crippen LogP contribution in [0.15, 0.2) is 30.3 Å². The molecule has 0 aromatic heterocycles. The first-order chi connectivity index (χ1) is 10.9. The molecule has 130 valence electrons. The number of rotatable bonds is 3. The molecule has 9 heteroatoms. The molecule has 0 amide bonds. The summed E-state index contributed by atoms with van der Waals surface area (Å²) in [6.07, 6.45) is -5.08. The first-order valence-corrected chi connectivity index (χ1v) is 6.68. The van der Waals surface area contributed by atoms with Crippen molar-refractivity contribution >= 4 is 12.4 Å². The molecule has 1 heterocycles. The van der Waals surface area contributed by atoms with Gasteiger partial charge in [-0.25, -0.2) is 4.79 Å². The summed E-state index contributed by atoms with van der Waals surface area (Å²) in [5, 5.41) is 13.6. The Morgan fingerprint density at radius 3 is 1.87 bits per heavy atom. The molecule has 0 radical (unpaired) electrons. The maximum Gasteiger partial charge on any atom is 0.490 e. The van der Waals surface area contributed by atoms with E-state index in [1.54, 1.807) is 0 Å². The Morgan fingerprint density at radius 1 is 1.13 bits per heavy atom. The molecule has 0 unspecified atom stereocenters. The molecule has 1 aromatic rings. The Morgan fingerprint density at radius 2 is 1.57 bits per heavy atom. The molecule has 1 saturated heterocycles. The Bertz CT molecular complexity index is 426. The van der Waals surface area contributed by atoms with Crippen LogP contribution in [-0.2, 0) is 20.9 Å². The highest BCUT2D eigenvalue weighted by atomic mass is 19.4. The zero-order valence-corrected chi connectivity index (χ0v) is 12.3. The number of hydrogen-bond acceptors (Lipinski definition) is 5. The molecule has 0 spiro atoms. The van der Waals surface area contributed by atoms with E-state index in [4.69, 9.17) is 9.90 Å². The van der Waals surface area contributed by atoms with Gasteiger partial charge < -0.3 is 20.5 Å². The van der Waals surface area contributed by atoms with Gasteiger partial charge in [0.05, 0.1) is 0 Å². The van der Waals surface area contributed by atoms with Gasteiger partial charge in [0.2, 0.25) is 0 Å². The normalized spacial score (nSPS) is 13.5. The van der Waals surface area contributed by atoms with Gasteiger partial charge in [0.25, 0.3) is 6.47 Å². The number of carboxylic acid groups (broad SMARTS) is 1. The molecule has 3 N–H and O–H groups in total. The predicted molar refractivity (Wildman–Crippen MR) is 76.7 cm³/mol. The van der Waals surface area contributed by atoms with Crippen molar-refractivity contribution in [1.29, 1.82) is 0 Å². The third kappa shape index (κ3) is 13.3. The number of carbonyl (C=O) groups excluding carboxylic acids is 1. The van der Waals surface area contributed by atoms with E-state index < -0.39 is 12.1 Å². The quantitative estimate of drug-likeness (QED) is 0.719. The van der Waals surface area contributed by atoms with Crippen LogP contribution in [0.25, 0.3) is 0 Å². The van der Waals surface area contributed by atoms with Crippen molar-refractivity contribution in [3.63, 3.8) is 0 Å². The number of piperazine rings is 1. The number of carboxylic acids is 1. The summed E-state index contributed by atoms with van der Waals surface area (Å²) in [6, 6.07) is 9.55. The van der Waals surface area contributed by atoms with Gasteiger partial charge in [0.15, 0.2) is 0 Å². The first kappa shape index (κ1) is 20.9. The summed E-state index contributed by atoms with van der Waals surface area (Å²) in [5.74, 6) is -2.76. The Hall–Kier alpha value is -2.13. The van der Waals surface area contributed by atoms with E-state index in [0.29, 0.717) is 13.1 Å². The van der Waals surface area contributed by atoms with Crippen molar-refractivity contribution in [2.75, 3.05) is 26.2 Å². The van der Waals surface area contributed by atoms with Gasteiger partial charge >= 0.3 is 12.1 Å². The summed E-state index contributed by atoms with van der Waals surface area (Å²) >= 11 is 0. The fourth-order valence-corrected chi connectivity index (χ4v) is 1.31. The van der Waals surface area contributed by atoms with Gasteiger partial charge in [-0.15, -0.1) is 0 Å². The van der Waals surface area contributed by atoms with E-state index >= 15 is 0 Å². The third-order valence-electron chi connectivity index (χ3n) is 2.36. The van der Waals surface area contributed by atoms with Gasteiger partial charge in [-0.2, -0.15) is 13.2 Å². The standard InChI is InChI=1S/C8H8O2.C4H10N2.C2HF3O2/c9-7-10-6-8-4-2-1-3-5-8;1-2-6-4-3-5-1;3-2(4,5)1(6)7/h1-5,7H,6H2;5-6H,1-4H2;(H,6,7). The second-order valence-corrected chi connectivity index (χ2v) is 4.20. The maximum absolute atomic E-state index is 10.6. The molecule has 23 heavy (non-hydrogen) atoms. The van der Waals surface area contributed by atoms with Crippen molar-refractivity contribution in [3.05, 3.63) is 35.9 Å². The lowest BCUT2D eigenvalue weighted by molar-refractivity contribution is -0.192. The van der Waals surface area contributed by atoms with Crippen molar-refractivity contribution in [2.45, 2.75) is 12.8 Å². The van der Waals surface area contributed by atoms with Crippen molar-refractivity contribution < 1.29 is 32.6 Å². The average Bonchev–Trinajstić information content (AvgIpc) is 2.56. The van der Waals surface area contributed by atoms with Gasteiger partial charge in [-0.3, -0.25) is 4.79 Å². The minimum Gasteiger partial charge on any atom is -0.475 e. The van der Waals surface area contributed by atoms with E-state index in [2.05, 4.69) is 15.4 Å². The lowest BCUT2D eigenvalue weighted by Crippen LogP contribution is -2.39. The first-order valence-electron chi connectivity index (χ1n) is 6.68. The highest BCUT2D eigenvalue weighted by molar-refractivity contribution is 5.73. The molecule has 1 aliphatic rings. The number of ether oxygens (including phenoxy) is 1. The van der Waals surface area contributed by atoms with Crippen molar-refractivity contribution in [2.24, 2.45) is 0 Å². The van der Waals surface area contributed by atoms with E-state index in [1.807, 2.05) is 30.3 Å². The summed E-state index contributed by atoms with van der Waals surface area (Å²) in [4.78, 5) is 18.7. The molecular formula is C14H19F3N2O4. The van der Waals surface area contributed by atoms with E-state index in [9.17, 15) is 18.0 Å². The largest absolute Gasteiger partial charge is 0.490 e. The second kappa shape index (κ2) is 12.4. The molecule has 0 aliphatic carbocycles. The van der Waals surface area contributed by atoms with Crippen LogP contribution in [0, 0.1) is 0 Å². The highest BCUT2D eigenvalue weighted by Crippen LogP contribution is 2.13. The average molecular weight is 336 g/mol. The molecule has 2 rings (SSSR count). The summed E-state index contributed by atoms with van der Waals surface area (Å²) in [7, 11) is 0. The topological polar surface area (TPSA) is 87.7 Å². The molecule has 0 saturated carbocycles. The zero-order chi connectivity index (χ0) is 17.6. The third-order valence-corrected chi connectivity index (χ3v) is 2.36. The Kier molecular flexibility index (Phi) is 11.3. The number of hydrogen-bond donors (Lipinski definition) is 3. The molecule has 1 fully saturated rings. The minimum absolute atomic E-state index is 0.365. The lowest BCUT2D eigenvalue weighted by Gasteiger charge is -2.11. The van der Waals surface area contributed by atoms with Crippen LogP contribution in [0.5, 0.6) is 0 Å². The minimum atomic E-state index is -5.08. The molecule has 1 aliphatic heterocycles. The van der Waals surface area contributed by atoms with Gasteiger partial charge in [-0.05, 0) is 5.56 Å². The number of alkyl halides is 3. The number of halogens is 3. The lowest BCUT2D eigenvalue weighted by atomic mass is 10.2. The van der Waals surface area contributed by atoms with Crippen LogP contribution in [-0.4, -0.2) is 49.9 Å². The predicted octanol–water partition coefficient (Wildman–Crippen LogP) is 1.17.